The van der Waals surface area contributed by atoms with Crippen LogP contribution in [0.3, 0.4) is 0 Å². The Labute approximate surface area is 113 Å². The first kappa shape index (κ1) is 13.4. The molecule has 0 fully saturated rings. The molecule has 0 unspecified atom stereocenters. The lowest BCUT2D eigenvalue weighted by molar-refractivity contribution is 0.0870. The molecule has 0 radical (unpaired) electrons. The van der Waals surface area contributed by atoms with Crippen LogP contribution in [0.2, 0.25) is 0 Å². The van der Waals surface area contributed by atoms with Gasteiger partial charge in [-0.3, -0.25) is 0 Å². The summed E-state index contributed by atoms with van der Waals surface area (Å²) in [6, 6.07) is 5.61. The van der Waals surface area contributed by atoms with E-state index in [-0.39, 0.29) is 12.1 Å². The van der Waals surface area contributed by atoms with Gasteiger partial charge in [0.05, 0.1) is 12.3 Å². The highest BCUT2D eigenvalue weighted by molar-refractivity contribution is 5.90. The minimum Gasteiger partial charge on any atom is -0.390 e. The van der Waals surface area contributed by atoms with E-state index in [1.165, 1.54) is 0 Å². The summed E-state index contributed by atoms with van der Waals surface area (Å²) >= 11 is 0. The maximum absolute atomic E-state index is 11.8. The maximum Gasteiger partial charge on any atom is 0.319 e. The van der Waals surface area contributed by atoms with Crippen molar-refractivity contribution in [3.8, 4) is 0 Å². The van der Waals surface area contributed by atoms with Gasteiger partial charge in [-0.1, -0.05) is 17.3 Å². The predicted molar refractivity (Wildman–Crippen MR) is 75.5 cm³/mol. The van der Waals surface area contributed by atoms with Crippen molar-refractivity contribution in [1.29, 1.82) is 0 Å². The number of urea groups is 1. The summed E-state index contributed by atoms with van der Waals surface area (Å²) in [5.41, 5.74) is 4.02. The van der Waals surface area contributed by atoms with Gasteiger partial charge in [-0.15, -0.1) is 0 Å². The monoisotopic (exact) mass is 261 g/mol. The standard InChI is InChI=1S/C14H19N3O2/c1-9-5-4-6-13(11(9)3)16-14(18)15-8-12-7-10(2)17-19-12/h4-6,12H,7-8H2,1-3H3,(H2,15,16,18)/t12-/m1/s1. The lowest BCUT2D eigenvalue weighted by Gasteiger charge is -2.13. The molecule has 0 spiro atoms. The second-order valence-corrected chi connectivity index (χ2v) is 4.84. The van der Waals surface area contributed by atoms with Crippen LogP contribution < -0.4 is 10.6 Å². The van der Waals surface area contributed by atoms with Crippen LogP contribution in [0.15, 0.2) is 23.4 Å². The van der Waals surface area contributed by atoms with Gasteiger partial charge in [-0.05, 0) is 38.0 Å². The van der Waals surface area contributed by atoms with E-state index in [0.717, 1.165) is 28.9 Å². The van der Waals surface area contributed by atoms with Crippen LogP contribution in [0.4, 0.5) is 10.5 Å². The molecule has 5 nitrogen and oxygen atoms in total. The number of hydrogen-bond acceptors (Lipinski definition) is 3. The predicted octanol–water partition coefficient (Wildman–Crippen LogP) is 2.59. The Bertz CT molecular complexity index is 511. The minimum absolute atomic E-state index is 0.0515. The molecule has 1 aromatic carbocycles. The SMILES string of the molecule is CC1=NO[C@@H](CNC(=O)Nc2cccc(C)c2C)C1. The van der Waals surface area contributed by atoms with Crippen LogP contribution in [0.25, 0.3) is 0 Å². The van der Waals surface area contributed by atoms with Crippen LogP contribution in [-0.2, 0) is 4.84 Å². The Morgan fingerprint density at radius 3 is 2.89 bits per heavy atom. The zero-order valence-electron chi connectivity index (χ0n) is 11.5. The first-order valence-corrected chi connectivity index (χ1v) is 6.36. The molecule has 0 bridgehead atoms. The van der Waals surface area contributed by atoms with Gasteiger partial charge in [0, 0.05) is 12.1 Å². The number of aryl methyl sites for hydroxylation is 1. The van der Waals surface area contributed by atoms with Gasteiger partial charge in [0.15, 0.2) is 0 Å². The Hall–Kier alpha value is -2.04. The number of hydrogen-bond donors (Lipinski definition) is 2. The molecule has 5 heteroatoms. The summed E-state index contributed by atoms with van der Waals surface area (Å²) in [6.07, 6.45) is 0.716. The molecule has 0 aromatic heterocycles. The van der Waals surface area contributed by atoms with Gasteiger partial charge in [-0.25, -0.2) is 4.79 Å². The van der Waals surface area contributed by atoms with Gasteiger partial charge >= 0.3 is 6.03 Å². The van der Waals surface area contributed by atoms with Crippen LogP contribution in [0, 0.1) is 13.8 Å². The summed E-state index contributed by atoms with van der Waals surface area (Å²) in [5.74, 6) is 0. The lowest BCUT2D eigenvalue weighted by atomic mass is 10.1. The fourth-order valence-electron chi connectivity index (χ4n) is 1.94. The molecule has 19 heavy (non-hydrogen) atoms. The van der Waals surface area contributed by atoms with Crippen LogP contribution in [-0.4, -0.2) is 24.4 Å². The Balaban J connectivity index is 1.83. The average molecular weight is 261 g/mol. The third-order valence-electron chi connectivity index (χ3n) is 3.22. The van der Waals surface area contributed by atoms with Crippen molar-refractivity contribution >= 4 is 17.4 Å². The number of carbonyl (C=O) groups is 1. The van der Waals surface area contributed by atoms with Crippen molar-refractivity contribution in [1.82, 2.24) is 5.32 Å². The summed E-state index contributed by atoms with van der Waals surface area (Å²) in [5, 5.41) is 9.49. The lowest BCUT2D eigenvalue weighted by Crippen LogP contribution is -2.35. The third kappa shape index (κ3) is 3.47. The van der Waals surface area contributed by atoms with Gasteiger partial charge in [-0.2, -0.15) is 0 Å². The van der Waals surface area contributed by atoms with Crippen molar-refractivity contribution in [2.75, 3.05) is 11.9 Å². The molecule has 0 aliphatic carbocycles. The first-order chi connectivity index (χ1) is 9.06. The molecule has 1 aromatic rings. The molecule has 1 aliphatic heterocycles. The van der Waals surface area contributed by atoms with Crippen LogP contribution >= 0.6 is 0 Å². The number of nitrogens with one attached hydrogen (secondary N) is 2. The molecule has 2 rings (SSSR count). The highest BCUT2D eigenvalue weighted by Gasteiger charge is 2.18. The molecule has 1 heterocycles. The number of carbonyl (C=O) groups excluding carboxylic acids is 1. The van der Waals surface area contributed by atoms with Crippen molar-refractivity contribution in [2.24, 2.45) is 5.16 Å². The first-order valence-electron chi connectivity index (χ1n) is 6.36. The maximum atomic E-state index is 11.8. The van der Waals surface area contributed by atoms with Gasteiger partial charge in [0.25, 0.3) is 0 Å². The topological polar surface area (TPSA) is 62.7 Å². The van der Waals surface area contributed by atoms with E-state index in [4.69, 9.17) is 4.84 Å². The Morgan fingerprint density at radius 2 is 2.21 bits per heavy atom. The highest BCUT2D eigenvalue weighted by atomic mass is 16.6. The van der Waals surface area contributed by atoms with Crippen LogP contribution in [0.5, 0.6) is 0 Å². The Kier molecular flexibility index (Phi) is 4.04. The van der Waals surface area contributed by atoms with E-state index >= 15 is 0 Å². The number of rotatable bonds is 3. The average Bonchev–Trinajstić information content (AvgIpc) is 2.78. The molecule has 2 N–H and O–H groups in total. The minimum atomic E-state index is -0.221. The van der Waals surface area contributed by atoms with E-state index in [9.17, 15) is 4.79 Å². The van der Waals surface area contributed by atoms with Crippen molar-refractivity contribution in [2.45, 2.75) is 33.3 Å². The summed E-state index contributed by atoms with van der Waals surface area (Å²) in [6.45, 7) is 6.38. The van der Waals surface area contributed by atoms with Crippen molar-refractivity contribution in [3.63, 3.8) is 0 Å². The zero-order valence-corrected chi connectivity index (χ0v) is 11.5. The summed E-state index contributed by atoms with van der Waals surface area (Å²) in [4.78, 5) is 17.0. The van der Waals surface area contributed by atoms with E-state index < -0.39 is 0 Å². The van der Waals surface area contributed by atoms with Crippen LogP contribution in [0.1, 0.15) is 24.5 Å². The van der Waals surface area contributed by atoms with Gasteiger partial charge in [0.1, 0.15) is 6.10 Å². The molecule has 102 valence electrons. The molecule has 0 saturated carbocycles. The fourth-order valence-corrected chi connectivity index (χ4v) is 1.94. The second-order valence-electron chi connectivity index (χ2n) is 4.84. The fraction of sp³-hybridized carbons (Fsp3) is 0.429. The molecular weight excluding hydrogens is 242 g/mol. The number of amides is 2. The van der Waals surface area contributed by atoms with Gasteiger partial charge in [0.2, 0.25) is 0 Å². The normalized spacial score (nSPS) is 17.6. The van der Waals surface area contributed by atoms with E-state index in [0.29, 0.717) is 6.54 Å². The highest BCUT2D eigenvalue weighted by Crippen LogP contribution is 2.17. The van der Waals surface area contributed by atoms with Crippen molar-refractivity contribution in [3.05, 3.63) is 29.3 Å². The summed E-state index contributed by atoms with van der Waals surface area (Å²) in [7, 11) is 0. The van der Waals surface area contributed by atoms with E-state index in [1.807, 2.05) is 39.0 Å². The largest absolute Gasteiger partial charge is 0.390 e. The number of oxime groups is 1. The molecule has 1 atom stereocenters. The van der Waals surface area contributed by atoms with E-state index in [1.54, 1.807) is 0 Å². The quantitative estimate of drug-likeness (QED) is 0.878. The number of anilines is 1. The third-order valence-corrected chi connectivity index (χ3v) is 3.22. The molecular formula is C14H19N3O2. The summed E-state index contributed by atoms with van der Waals surface area (Å²) < 4.78 is 0. The zero-order chi connectivity index (χ0) is 13.8. The molecule has 2 amide bonds. The number of nitrogens with zero attached hydrogens (tertiary/aromatic N) is 1. The van der Waals surface area contributed by atoms with E-state index in [2.05, 4.69) is 15.8 Å². The number of benzene rings is 1. The molecule has 1 aliphatic rings. The second kappa shape index (κ2) is 5.73. The van der Waals surface area contributed by atoms with Gasteiger partial charge < -0.3 is 15.5 Å². The van der Waals surface area contributed by atoms with Crippen molar-refractivity contribution < 1.29 is 9.63 Å². The Morgan fingerprint density at radius 1 is 1.42 bits per heavy atom. The smallest absolute Gasteiger partial charge is 0.319 e. The molecule has 0 saturated heterocycles.